The van der Waals surface area contributed by atoms with Crippen molar-refractivity contribution in [1.29, 1.82) is 5.26 Å². The zero-order valence-electron chi connectivity index (χ0n) is 7.84. The molecule has 15 heavy (non-hydrogen) atoms. The van der Waals surface area contributed by atoms with E-state index >= 15 is 0 Å². The van der Waals surface area contributed by atoms with E-state index in [0.29, 0.717) is 6.54 Å². The van der Waals surface area contributed by atoms with Crippen molar-refractivity contribution in [3.05, 3.63) is 35.9 Å². The fourth-order valence-corrected chi connectivity index (χ4v) is 0.980. The Kier molecular flexibility index (Phi) is 3.86. The van der Waals surface area contributed by atoms with Gasteiger partial charge < -0.3 is 10.5 Å². The van der Waals surface area contributed by atoms with E-state index < -0.39 is 11.6 Å². The number of oxime groups is 1. The first kappa shape index (κ1) is 10.7. The Balaban J connectivity index is 2.53. The van der Waals surface area contributed by atoms with Crippen LogP contribution in [0.5, 0.6) is 0 Å². The number of nitrogens with one attached hydrogen (secondary N) is 1. The molecule has 5 heteroatoms. The van der Waals surface area contributed by atoms with Crippen molar-refractivity contribution in [2.75, 3.05) is 0 Å². The molecule has 1 amide bonds. The van der Waals surface area contributed by atoms with Crippen LogP contribution in [0.3, 0.4) is 0 Å². The van der Waals surface area contributed by atoms with Crippen LogP contribution < -0.4 is 5.32 Å². The van der Waals surface area contributed by atoms with E-state index in [1.54, 1.807) is 0 Å². The Morgan fingerprint density at radius 2 is 2.13 bits per heavy atom. The molecule has 0 spiro atoms. The van der Waals surface area contributed by atoms with Crippen molar-refractivity contribution in [3.8, 4) is 6.07 Å². The maximum atomic E-state index is 11.2. The topological polar surface area (TPSA) is 85.5 Å². The number of nitrogens with zero attached hydrogens (tertiary/aromatic N) is 2. The lowest BCUT2D eigenvalue weighted by Gasteiger charge is -2.02. The highest BCUT2D eigenvalue weighted by Gasteiger charge is 2.09. The van der Waals surface area contributed by atoms with E-state index in [1.165, 1.54) is 6.07 Å². The quantitative estimate of drug-likeness (QED) is 0.429. The molecule has 1 aromatic rings. The van der Waals surface area contributed by atoms with Crippen LogP contribution in [0.2, 0.25) is 0 Å². The van der Waals surface area contributed by atoms with Crippen LogP contribution in [0, 0.1) is 11.3 Å². The van der Waals surface area contributed by atoms with Crippen molar-refractivity contribution in [2.24, 2.45) is 5.16 Å². The lowest BCUT2D eigenvalue weighted by atomic mass is 10.2. The second kappa shape index (κ2) is 5.40. The molecular weight excluding hydrogens is 194 g/mol. The Hall–Kier alpha value is -2.35. The summed E-state index contributed by atoms with van der Waals surface area (Å²) in [5.74, 6) is -0.691. The number of carbonyl (C=O) groups is 1. The first-order chi connectivity index (χ1) is 7.27. The summed E-state index contributed by atoms with van der Waals surface area (Å²) in [5, 5.41) is 21.7. The van der Waals surface area contributed by atoms with Crippen LogP contribution in [-0.2, 0) is 11.3 Å². The summed E-state index contributed by atoms with van der Waals surface area (Å²) >= 11 is 0. The van der Waals surface area contributed by atoms with Crippen LogP contribution in [0.15, 0.2) is 35.5 Å². The maximum Gasteiger partial charge on any atom is 0.284 e. The van der Waals surface area contributed by atoms with Gasteiger partial charge in [0.15, 0.2) is 0 Å². The highest BCUT2D eigenvalue weighted by molar-refractivity contribution is 6.44. The van der Waals surface area contributed by atoms with E-state index in [9.17, 15) is 4.79 Å². The Labute approximate surface area is 86.6 Å². The minimum absolute atomic E-state index is 0.292. The molecule has 0 unspecified atom stereocenters. The van der Waals surface area contributed by atoms with E-state index in [0.717, 1.165) is 5.56 Å². The molecule has 0 saturated carbocycles. The van der Waals surface area contributed by atoms with E-state index in [1.807, 2.05) is 30.3 Å². The molecule has 0 aliphatic carbocycles. The average Bonchev–Trinajstić information content (AvgIpc) is 2.29. The molecule has 1 rings (SSSR count). The van der Waals surface area contributed by atoms with Crippen molar-refractivity contribution < 1.29 is 10.0 Å². The van der Waals surface area contributed by atoms with Gasteiger partial charge in [0, 0.05) is 6.54 Å². The molecule has 0 aliphatic rings. The number of rotatable bonds is 3. The number of nitriles is 1. The molecule has 0 atom stereocenters. The molecule has 1 aromatic carbocycles. The third-order valence-corrected chi connectivity index (χ3v) is 1.72. The van der Waals surface area contributed by atoms with Crippen LogP contribution >= 0.6 is 0 Å². The highest BCUT2D eigenvalue weighted by atomic mass is 16.4. The largest absolute Gasteiger partial charge is 0.410 e. The number of amides is 1. The monoisotopic (exact) mass is 203 g/mol. The normalized spacial score (nSPS) is 10.5. The summed E-state index contributed by atoms with van der Waals surface area (Å²) in [6, 6.07) is 10.7. The van der Waals surface area contributed by atoms with Gasteiger partial charge in [-0.2, -0.15) is 5.26 Å². The van der Waals surface area contributed by atoms with Crippen LogP contribution in [-0.4, -0.2) is 16.8 Å². The van der Waals surface area contributed by atoms with Gasteiger partial charge in [0.1, 0.15) is 6.07 Å². The molecule has 0 radical (unpaired) electrons. The SMILES string of the molecule is N#C/C(=N/O)C(=O)NCc1ccccc1. The van der Waals surface area contributed by atoms with Crippen LogP contribution in [0.25, 0.3) is 0 Å². The van der Waals surface area contributed by atoms with Crippen molar-refractivity contribution in [3.63, 3.8) is 0 Å². The molecule has 0 saturated heterocycles. The van der Waals surface area contributed by atoms with Gasteiger partial charge in [-0.05, 0) is 5.56 Å². The molecule has 0 aromatic heterocycles. The molecular formula is C10H9N3O2. The summed E-state index contributed by atoms with van der Waals surface area (Å²) in [5.41, 5.74) is 0.354. The van der Waals surface area contributed by atoms with Gasteiger partial charge in [0.05, 0.1) is 0 Å². The van der Waals surface area contributed by atoms with E-state index in [2.05, 4.69) is 10.5 Å². The first-order valence-corrected chi connectivity index (χ1v) is 4.22. The zero-order chi connectivity index (χ0) is 11.1. The average molecular weight is 203 g/mol. The van der Waals surface area contributed by atoms with Crippen LogP contribution in [0.1, 0.15) is 5.56 Å². The van der Waals surface area contributed by atoms with Gasteiger partial charge in [-0.1, -0.05) is 35.5 Å². The third kappa shape index (κ3) is 3.12. The fourth-order valence-electron chi connectivity index (χ4n) is 0.980. The van der Waals surface area contributed by atoms with Gasteiger partial charge in [0.2, 0.25) is 5.71 Å². The molecule has 5 nitrogen and oxygen atoms in total. The predicted octanol–water partition coefficient (Wildman–Crippen LogP) is 0.657. The number of benzene rings is 1. The molecule has 0 bridgehead atoms. The van der Waals surface area contributed by atoms with Gasteiger partial charge in [-0.25, -0.2) is 0 Å². The number of carbonyl (C=O) groups excluding carboxylic acids is 1. The summed E-state index contributed by atoms with van der Waals surface area (Å²) < 4.78 is 0. The van der Waals surface area contributed by atoms with Crippen molar-refractivity contribution >= 4 is 11.6 Å². The lowest BCUT2D eigenvalue weighted by molar-refractivity contribution is -0.114. The smallest absolute Gasteiger partial charge is 0.284 e. The predicted molar refractivity (Wildman–Crippen MR) is 53.1 cm³/mol. The van der Waals surface area contributed by atoms with Crippen molar-refractivity contribution in [2.45, 2.75) is 6.54 Å². The lowest BCUT2D eigenvalue weighted by Crippen LogP contribution is -2.29. The van der Waals surface area contributed by atoms with Crippen LogP contribution in [0.4, 0.5) is 0 Å². The minimum atomic E-state index is -0.691. The van der Waals surface area contributed by atoms with E-state index in [4.69, 9.17) is 10.5 Å². The van der Waals surface area contributed by atoms with Gasteiger partial charge in [0.25, 0.3) is 5.91 Å². The number of hydrogen-bond donors (Lipinski definition) is 2. The molecule has 0 aliphatic heterocycles. The second-order valence-electron chi connectivity index (χ2n) is 2.73. The Bertz CT molecular complexity index is 406. The number of hydrogen-bond acceptors (Lipinski definition) is 4. The highest BCUT2D eigenvalue weighted by Crippen LogP contribution is 1.96. The summed E-state index contributed by atoms with van der Waals surface area (Å²) in [6.45, 7) is 0.292. The molecule has 76 valence electrons. The van der Waals surface area contributed by atoms with Crippen molar-refractivity contribution in [1.82, 2.24) is 5.32 Å². The third-order valence-electron chi connectivity index (χ3n) is 1.72. The van der Waals surface area contributed by atoms with Gasteiger partial charge in [-0.3, -0.25) is 4.79 Å². The Morgan fingerprint density at radius 1 is 1.47 bits per heavy atom. The molecule has 0 fully saturated rings. The fraction of sp³-hybridized carbons (Fsp3) is 0.100. The second-order valence-corrected chi connectivity index (χ2v) is 2.73. The standard InChI is InChI=1S/C10H9N3O2/c11-6-9(13-15)10(14)12-7-8-4-2-1-3-5-8/h1-5,15H,7H2,(H,12,14)/b13-9-. The Morgan fingerprint density at radius 3 is 2.67 bits per heavy atom. The maximum absolute atomic E-state index is 11.2. The minimum Gasteiger partial charge on any atom is -0.410 e. The summed E-state index contributed by atoms with van der Waals surface area (Å²) in [4.78, 5) is 11.2. The first-order valence-electron chi connectivity index (χ1n) is 4.22. The van der Waals surface area contributed by atoms with Gasteiger partial charge >= 0.3 is 0 Å². The van der Waals surface area contributed by atoms with Gasteiger partial charge in [-0.15, -0.1) is 0 Å². The summed E-state index contributed by atoms with van der Waals surface area (Å²) in [7, 11) is 0. The van der Waals surface area contributed by atoms with E-state index in [-0.39, 0.29) is 0 Å². The molecule has 2 N–H and O–H groups in total. The molecule has 0 heterocycles. The summed E-state index contributed by atoms with van der Waals surface area (Å²) in [6.07, 6.45) is 0. The zero-order valence-corrected chi connectivity index (χ0v) is 7.84.